The Balaban J connectivity index is -0.000000500. The topological polar surface area (TPSA) is 52.6 Å². The van der Waals surface area contributed by atoms with Crippen molar-refractivity contribution in [3.05, 3.63) is 0 Å². The fraction of sp³-hybridized carbons (Fsp3) is 0.714. The van der Waals surface area contributed by atoms with Crippen LogP contribution >= 0.6 is 0 Å². The quantitative estimate of drug-likeness (QED) is 0.469. The van der Waals surface area contributed by atoms with Gasteiger partial charge in [0.1, 0.15) is 0 Å². The van der Waals surface area contributed by atoms with Crippen LogP contribution in [0.5, 0.6) is 0 Å². The summed E-state index contributed by atoms with van der Waals surface area (Å²) in [5.41, 5.74) is 0. The number of carbonyl (C=O) groups is 2. The standard InChI is InChI=1S/C7H12O4.2Na/c1-10-6(8)4-3-5-7(9)11-2;;/h3-5H2,1-2H3;;. The first-order valence-corrected chi connectivity index (χ1v) is 3.34. The second-order valence-corrected chi connectivity index (χ2v) is 2.01. The maximum atomic E-state index is 10.5. The van der Waals surface area contributed by atoms with Crippen LogP contribution in [0.25, 0.3) is 0 Å². The van der Waals surface area contributed by atoms with Crippen LogP contribution in [0, 0.1) is 0 Å². The van der Waals surface area contributed by atoms with Crippen molar-refractivity contribution in [2.45, 2.75) is 19.3 Å². The third-order valence-electron chi connectivity index (χ3n) is 1.22. The molecule has 0 N–H and O–H groups in total. The largest absolute Gasteiger partial charge is 0.469 e. The summed E-state index contributed by atoms with van der Waals surface area (Å²) in [6.45, 7) is 0. The van der Waals surface area contributed by atoms with Crippen molar-refractivity contribution in [3.8, 4) is 0 Å². The zero-order valence-electron chi connectivity index (χ0n) is 8.75. The average molecular weight is 206 g/mol. The molecule has 0 bridgehead atoms. The molecule has 2 radical (unpaired) electrons. The van der Waals surface area contributed by atoms with Crippen molar-refractivity contribution in [2.24, 2.45) is 0 Å². The van der Waals surface area contributed by atoms with Gasteiger partial charge in [0.05, 0.1) is 14.2 Å². The van der Waals surface area contributed by atoms with Crippen LogP contribution in [0.1, 0.15) is 19.3 Å². The van der Waals surface area contributed by atoms with Gasteiger partial charge in [-0.25, -0.2) is 0 Å². The van der Waals surface area contributed by atoms with E-state index in [1.807, 2.05) is 0 Å². The summed E-state index contributed by atoms with van der Waals surface area (Å²) in [6, 6.07) is 0. The van der Waals surface area contributed by atoms with Crippen molar-refractivity contribution >= 4 is 71.1 Å². The Morgan fingerprint density at radius 1 is 0.923 bits per heavy atom. The van der Waals surface area contributed by atoms with Gasteiger partial charge in [-0.2, -0.15) is 0 Å². The van der Waals surface area contributed by atoms with Crippen molar-refractivity contribution in [3.63, 3.8) is 0 Å². The molecular weight excluding hydrogens is 194 g/mol. The Labute approximate surface area is 122 Å². The summed E-state index contributed by atoms with van der Waals surface area (Å²) in [7, 11) is 2.64. The van der Waals surface area contributed by atoms with Gasteiger partial charge in [-0.05, 0) is 6.42 Å². The van der Waals surface area contributed by atoms with Gasteiger partial charge in [-0.1, -0.05) is 0 Å². The molecule has 0 spiro atoms. The molecule has 0 aromatic heterocycles. The predicted molar refractivity (Wildman–Crippen MR) is 49.4 cm³/mol. The Morgan fingerprint density at radius 2 is 1.23 bits per heavy atom. The molecule has 0 aliphatic rings. The van der Waals surface area contributed by atoms with Crippen molar-refractivity contribution in [1.29, 1.82) is 0 Å². The molecule has 0 saturated carbocycles. The van der Waals surface area contributed by atoms with E-state index >= 15 is 0 Å². The van der Waals surface area contributed by atoms with Crippen LogP contribution in [0.15, 0.2) is 0 Å². The fourth-order valence-corrected chi connectivity index (χ4v) is 0.581. The smallest absolute Gasteiger partial charge is 0.305 e. The van der Waals surface area contributed by atoms with Gasteiger partial charge in [-0.15, -0.1) is 0 Å². The Kier molecular flexibility index (Phi) is 19.4. The Bertz CT molecular complexity index is 133. The van der Waals surface area contributed by atoms with Gasteiger partial charge in [0, 0.05) is 72.0 Å². The van der Waals surface area contributed by atoms with E-state index in [0.717, 1.165) is 0 Å². The number of hydrogen-bond donors (Lipinski definition) is 0. The molecule has 0 aromatic carbocycles. The van der Waals surface area contributed by atoms with Crippen molar-refractivity contribution in [2.75, 3.05) is 14.2 Å². The first-order valence-electron chi connectivity index (χ1n) is 3.34. The Morgan fingerprint density at radius 3 is 1.46 bits per heavy atom. The molecule has 0 saturated heterocycles. The van der Waals surface area contributed by atoms with E-state index in [0.29, 0.717) is 6.42 Å². The predicted octanol–water partition coefficient (Wildman–Crippen LogP) is -0.259. The van der Waals surface area contributed by atoms with Crippen LogP contribution in [0.4, 0.5) is 0 Å². The number of hydrogen-bond acceptors (Lipinski definition) is 4. The van der Waals surface area contributed by atoms with E-state index in [1.165, 1.54) is 14.2 Å². The summed E-state index contributed by atoms with van der Waals surface area (Å²) in [6.07, 6.45) is 1.02. The van der Waals surface area contributed by atoms with Crippen LogP contribution in [-0.4, -0.2) is 85.3 Å². The van der Waals surface area contributed by atoms with E-state index in [2.05, 4.69) is 9.47 Å². The molecule has 0 unspecified atom stereocenters. The number of carbonyl (C=O) groups excluding carboxylic acids is 2. The van der Waals surface area contributed by atoms with Crippen LogP contribution < -0.4 is 0 Å². The van der Waals surface area contributed by atoms with E-state index < -0.39 is 0 Å². The van der Waals surface area contributed by atoms with Crippen LogP contribution in [-0.2, 0) is 19.1 Å². The van der Waals surface area contributed by atoms with Crippen LogP contribution in [0.3, 0.4) is 0 Å². The second kappa shape index (κ2) is 12.9. The number of esters is 2. The summed E-state index contributed by atoms with van der Waals surface area (Å²) in [4.78, 5) is 21.0. The molecule has 0 aliphatic carbocycles. The first-order chi connectivity index (χ1) is 5.20. The maximum absolute atomic E-state index is 10.5. The summed E-state index contributed by atoms with van der Waals surface area (Å²) in [5.74, 6) is -0.595. The molecule has 0 fully saturated rings. The molecule has 0 rings (SSSR count). The minimum atomic E-state index is -0.297. The van der Waals surface area contributed by atoms with E-state index in [9.17, 15) is 9.59 Å². The molecule has 0 heterocycles. The third kappa shape index (κ3) is 12.9. The molecule has 4 nitrogen and oxygen atoms in total. The summed E-state index contributed by atoms with van der Waals surface area (Å²) in [5, 5.41) is 0. The minimum absolute atomic E-state index is 0. The minimum Gasteiger partial charge on any atom is -0.469 e. The number of methoxy groups -OCH3 is 2. The van der Waals surface area contributed by atoms with Gasteiger partial charge >= 0.3 is 11.9 Å². The fourth-order valence-electron chi connectivity index (χ4n) is 0.581. The van der Waals surface area contributed by atoms with E-state index in [4.69, 9.17) is 0 Å². The normalized spacial score (nSPS) is 7.54. The molecule has 6 heteroatoms. The molecule has 0 aromatic rings. The van der Waals surface area contributed by atoms with Gasteiger partial charge in [-0.3, -0.25) is 9.59 Å². The molecule has 66 valence electrons. The van der Waals surface area contributed by atoms with Crippen LogP contribution in [0.2, 0.25) is 0 Å². The molecule has 13 heavy (non-hydrogen) atoms. The zero-order valence-corrected chi connectivity index (χ0v) is 12.8. The van der Waals surface area contributed by atoms with E-state index in [1.54, 1.807) is 0 Å². The van der Waals surface area contributed by atoms with Gasteiger partial charge in [0.15, 0.2) is 0 Å². The monoisotopic (exact) mass is 206 g/mol. The molecule has 0 aliphatic heterocycles. The molecular formula is C7H12Na2O4. The third-order valence-corrected chi connectivity index (χ3v) is 1.22. The van der Waals surface area contributed by atoms with Gasteiger partial charge in [0.2, 0.25) is 0 Å². The summed E-state index contributed by atoms with van der Waals surface area (Å²) >= 11 is 0. The number of ether oxygens (including phenoxy) is 2. The average Bonchev–Trinajstić information content (AvgIpc) is 2.04. The van der Waals surface area contributed by atoms with Crippen molar-refractivity contribution < 1.29 is 19.1 Å². The maximum Gasteiger partial charge on any atom is 0.305 e. The van der Waals surface area contributed by atoms with E-state index in [-0.39, 0.29) is 83.9 Å². The summed E-state index contributed by atoms with van der Waals surface area (Å²) < 4.78 is 8.75. The number of rotatable bonds is 4. The first kappa shape index (κ1) is 19.5. The zero-order chi connectivity index (χ0) is 8.69. The molecule has 0 atom stereocenters. The Hall–Kier alpha value is 0.940. The molecule has 0 amide bonds. The van der Waals surface area contributed by atoms with Gasteiger partial charge < -0.3 is 9.47 Å². The SMILES string of the molecule is COC(=O)CCCC(=O)OC.[Na].[Na]. The van der Waals surface area contributed by atoms with Crippen molar-refractivity contribution in [1.82, 2.24) is 0 Å². The second-order valence-electron chi connectivity index (χ2n) is 2.01. The van der Waals surface area contributed by atoms with Gasteiger partial charge in [0.25, 0.3) is 0 Å².